The van der Waals surface area contributed by atoms with E-state index in [4.69, 9.17) is 0 Å². The molecule has 0 unspecified atom stereocenters. The van der Waals surface area contributed by atoms with E-state index in [-0.39, 0.29) is 12.1 Å². The van der Waals surface area contributed by atoms with Crippen LogP contribution in [0.25, 0.3) is 0 Å². The Morgan fingerprint density at radius 3 is 1.40 bits per heavy atom. The van der Waals surface area contributed by atoms with Crippen LogP contribution in [-0.4, -0.2) is 12.1 Å². The predicted octanol–water partition coefficient (Wildman–Crippen LogP) is 4.70. The molecule has 0 aliphatic carbocycles. The van der Waals surface area contributed by atoms with Gasteiger partial charge in [0.2, 0.25) is 7.44 Å². The molecule has 0 rings (SSSR count). The minimum absolute atomic E-state index is 0.0370. The molecule has 0 spiro atoms. The first-order chi connectivity index (χ1) is 9.18. The molecule has 0 saturated carbocycles. The summed E-state index contributed by atoms with van der Waals surface area (Å²) in [5, 5.41) is 6.25. The molecular weight excluding hydrogens is 267 g/mol. The Balaban J connectivity index is 4.61. The lowest BCUT2D eigenvalue weighted by Gasteiger charge is -2.23. The highest BCUT2D eigenvalue weighted by Gasteiger charge is 2.20. The van der Waals surface area contributed by atoms with Gasteiger partial charge in [-0.05, 0) is 31.5 Å². The average Bonchev–Trinajstić information content (AvgIpc) is 2.33. The van der Waals surface area contributed by atoms with Crippen molar-refractivity contribution < 1.29 is 4.57 Å². The van der Waals surface area contributed by atoms with Crippen LogP contribution in [0.4, 0.5) is 0 Å². The van der Waals surface area contributed by atoms with Crippen LogP contribution >= 0.6 is 7.44 Å². The molecule has 0 fully saturated rings. The SMILES string of the molecule is C=CP(=O)(N[C@@H](C)/C=C\C(C)C)N[C@@H](C)/C=C\C(C)C. The summed E-state index contributed by atoms with van der Waals surface area (Å²) in [7, 11) is -2.77. The summed E-state index contributed by atoms with van der Waals surface area (Å²) in [5.74, 6) is 2.47. The maximum Gasteiger partial charge on any atom is 0.233 e. The van der Waals surface area contributed by atoms with Crippen molar-refractivity contribution in [3.05, 3.63) is 36.7 Å². The Kier molecular flexibility index (Phi) is 9.04. The highest BCUT2D eigenvalue weighted by molar-refractivity contribution is 7.63. The maximum atomic E-state index is 12.7. The van der Waals surface area contributed by atoms with Gasteiger partial charge in [0.1, 0.15) is 0 Å². The lowest BCUT2D eigenvalue weighted by molar-refractivity contribution is 0.551. The quantitative estimate of drug-likeness (QED) is 0.479. The minimum Gasteiger partial charge on any atom is -0.285 e. The van der Waals surface area contributed by atoms with Crippen molar-refractivity contribution in [2.75, 3.05) is 0 Å². The molecule has 2 atom stereocenters. The van der Waals surface area contributed by atoms with Gasteiger partial charge in [0.15, 0.2) is 0 Å². The van der Waals surface area contributed by atoms with E-state index in [9.17, 15) is 4.57 Å². The summed E-state index contributed by atoms with van der Waals surface area (Å²) >= 11 is 0. The van der Waals surface area contributed by atoms with Crippen LogP contribution in [-0.2, 0) is 4.57 Å². The van der Waals surface area contributed by atoms with E-state index in [1.54, 1.807) is 0 Å². The minimum atomic E-state index is -2.77. The summed E-state index contributed by atoms with van der Waals surface area (Å²) in [4.78, 5) is 0. The third kappa shape index (κ3) is 9.30. The maximum absolute atomic E-state index is 12.7. The van der Waals surface area contributed by atoms with Gasteiger partial charge in [0.05, 0.1) is 0 Å². The van der Waals surface area contributed by atoms with Crippen molar-refractivity contribution in [1.29, 1.82) is 0 Å². The lowest BCUT2D eigenvalue weighted by atomic mass is 10.2. The highest BCUT2D eigenvalue weighted by atomic mass is 31.2. The molecule has 4 heteroatoms. The number of rotatable bonds is 9. The van der Waals surface area contributed by atoms with Crippen molar-refractivity contribution in [3.8, 4) is 0 Å². The zero-order valence-corrected chi connectivity index (χ0v) is 14.7. The summed E-state index contributed by atoms with van der Waals surface area (Å²) in [6, 6.07) is 0.0741. The van der Waals surface area contributed by atoms with Crippen LogP contribution < -0.4 is 10.2 Å². The second-order valence-electron chi connectivity index (χ2n) is 5.93. The Hall–Kier alpha value is -0.630. The van der Waals surface area contributed by atoms with E-state index in [0.29, 0.717) is 11.8 Å². The molecule has 0 aromatic heterocycles. The first-order valence-electron chi connectivity index (χ1n) is 7.34. The van der Waals surface area contributed by atoms with Gasteiger partial charge >= 0.3 is 0 Å². The molecule has 0 radical (unpaired) electrons. The Bertz CT molecular complexity index is 356. The summed E-state index contributed by atoms with van der Waals surface area (Å²) in [6.07, 6.45) is 8.29. The van der Waals surface area contributed by atoms with Crippen molar-refractivity contribution in [1.82, 2.24) is 10.2 Å². The second-order valence-corrected chi connectivity index (χ2v) is 8.13. The highest BCUT2D eigenvalue weighted by Crippen LogP contribution is 2.38. The van der Waals surface area contributed by atoms with E-state index < -0.39 is 7.44 Å². The molecule has 0 aliphatic heterocycles. The molecule has 0 heterocycles. The fourth-order valence-corrected chi connectivity index (χ4v) is 3.28. The van der Waals surface area contributed by atoms with Crippen molar-refractivity contribution in [2.24, 2.45) is 11.8 Å². The van der Waals surface area contributed by atoms with Gasteiger partial charge in [-0.1, -0.05) is 58.6 Å². The van der Waals surface area contributed by atoms with Crippen LogP contribution in [0.15, 0.2) is 36.7 Å². The molecule has 0 aromatic carbocycles. The number of hydrogen-bond donors (Lipinski definition) is 2. The van der Waals surface area contributed by atoms with Crippen molar-refractivity contribution in [3.63, 3.8) is 0 Å². The topological polar surface area (TPSA) is 41.1 Å². The first kappa shape index (κ1) is 19.4. The van der Waals surface area contributed by atoms with Gasteiger partial charge in [-0.2, -0.15) is 0 Å². The smallest absolute Gasteiger partial charge is 0.233 e. The van der Waals surface area contributed by atoms with Crippen molar-refractivity contribution >= 4 is 7.44 Å². The Labute approximate surface area is 125 Å². The zero-order valence-electron chi connectivity index (χ0n) is 13.8. The van der Waals surface area contributed by atoms with Crippen molar-refractivity contribution in [2.45, 2.75) is 53.6 Å². The fraction of sp³-hybridized carbons (Fsp3) is 0.625. The van der Waals surface area contributed by atoms with Crippen LogP contribution in [0, 0.1) is 11.8 Å². The van der Waals surface area contributed by atoms with Crippen LogP contribution in [0.3, 0.4) is 0 Å². The monoisotopic (exact) mass is 298 g/mol. The Morgan fingerprint density at radius 2 is 1.15 bits per heavy atom. The van der Waals surface area contributed by atoms with E-state index in [2.05, 4.69) is 56.6 Å². The van der Waals surface area contributed by atoms with E-state index in [1.165, 1.54) is 5.82 Å². The third-order valence-corrected chi connectivity index (χ3v) is 4.71. The van der Waals surface area contributed by atoms with Crippen LogP contribution in [0.1, 0.15) is 41.5 Å². The van der Waals surface area contributed by atoms with Crippen LogP contribution in [0.2, 0.25) is 0 Å². The van der Waals surface area contributed by atoms with Gasteiger partial charge in [0.25, 0.3) is 0 Å². The average molecular weight is 298 g/mol. The van der Waals surface area contributed by atoms with Gasteiger partial charge in [-0.15, -0.1) is 0 Å². The van der Waals surface area contributed by atoms with E-state index in [0.717, 1.165) is 0 Å². The largest absolute Gasteiger partial charge is 0.285 e. The normalized spacial score (nSPS) is 16.4. The lowest BCUT2D eigenvalue weighted by Crippen LogP contribution is -2.31. The molecular formula is C16H31N2OP. The number of nitrogens with one attached hydrogen (secondary N) is 2. The van der Waals surface area contributed by atoms with Gasteiger partial charge in [-0.25, -0.2) is 10.2 Å². The van der Waals surface area contributed by atoms with E-state index >= 15 is 0 Å². The third-order valence-electron chi connectivity index (χ3n) is 2.62. The molecule has 20 heavy (non-hydrogen) atoms. The second kappa shape index (κ2) is 9.33. The molecule has 0 aliphatic rings. The molecule has 0 aromatic rings. The molecule has 3 nitrogen and oxygen atoms in total. The molecule has 0 saturated heterocycles. The van der Waals surface area contributed by atoms with Gasteiger partial charge < -0.3 is 0 Å². The first-order valence-corrected chi connectivity index (χ1v) is 9.11. The molecule has 0 bridgehead atoms. The van der Waals surface area contributed by atoms with E-state index in [1.807, 2.05) is 26.0 Å². The predicted molar refractivity (Wildman–Crippen MR) is 91.0 cm³/mol. The summed E-state index contributed by atoms with van der Waals surface area (Å²) in [5.41, 5.74) is 0. The van der Waals surface area contributed by atoms with Gasteiger partial charge in [0, 0.05) is 12.1 Å². The molecule has 0 amide bonds. The molecule has 2 N–H and O–H groups in total. The fourth-order valence-electron chi connectivity index (χ4n) is 1.61. The molecule has 116 valence electrons. The summed E-state index contributed by atoms with van der Waals surface area (Å²) < 4.78 is 12.7. The summed E-state index contributed by atoms with van der Waals surface area (Å²) in [6.45, 7) is 16.1. The Morgan fingerprint density at radius 1 is 0.800 bits per heavy atom. The van der Waals surface area contributed by atoms with Gasteiger partial charge in [-0.3, -0.25) is 4.57 Å². The number of hydrogen-bond acceptors (Lipinski definition) is 1. The zero-order chi connectivity index (χ0) is 15.8. The van der Waals surface area contributed by atoms with Crippen LogP contribution in [0.5, 0.6) is 0 Å². The number of allylic oxidation sites excluding steroid dienone is 2. The standard InChI is InChI=1S/C16H31N2OP/c1-8-20(19,17-15(6)11-9-13(2)3)18-16(7)12-10-14(4)5/h8-16H,1H2,2-7H3,(H2,17,18,19)/b11-9-,12-10-/t15-,16-/m0/s1.